The number of hydrogen-bond donors (Lipinski definition) is 1. The zero-order valence-electron chi connectivity index (χ0n) is 16.5. The molecule has 1 fully saturated rings. The molecule has 0 aliphatic carbocycles. The summed E-state index contributed by atoms with van der Waals surface area (Å²) in [6, 6.07) is 7.82. The van der Waals surface area contributed by atoms with Gasteiger partial charge in [-0.15, -0.1) is 11.8 Å². The number of ether oxygens (including phenoxy) is 2. The van der Waals surface area contributed by atoms with Gasteiger partial charge in [0.1, 0.15) is 5.75 Å². The van der Waals surface area contributed by atoms with Crippen LogP contribution < -0.4 is 10.1 Å². The highest BCUT2D eigenvalue weighted by Gasteiger charge is 2.35. The number of fused-ring (bicyclic) bond motifs is 1. The van der Waals surface area contributed by atoms with Gasteiger partial charge in [0.15, 0.2) is 0 Å². The van der Waals surface area contributed by atoms with Gasteiger partial charge in [0.2, 0.25) is 5.91 Å². The van der Waals surface area contributed by atoms with Gasteiger partial charge in [-0.3, -0.25) is 4.79 Å². The standard InChI is InChI=1S/C21H26N2O4S/c1-14(2)27-21(25)18-8-10-23-16(13-28-20(18)23)12-19(24)22-9-7-15-5-4-6-17(11-15)26-3/h4-6,11-12,14H,7-10,13H2,1-3H3,(H,22,24). The third-order valence-corrected chi connectivity index (χ3v) is 5.71. The normalized spacial score (nSPS) is 17.3. The highest BCUT2D eigenvalue weighted by atomic mass is 32.2. The van der Waals surface area contributed by atoms with E-state index in [4.69, 9.17) is 9.47 Å². The second-order valence-electron chi connectivity index (χ2n) is 6.96. The fourth-order valence-electron chi connectivity index (χ4n) is 3.21. The molecule has 2 aliphatic rings. The topological polar surface area (TPSA) is 67.9 Å². The molecular weight excluding hydrogens is 376 g/mol. The first-order valence-electron chi connectivity index (χ1n) is 9.43. The van der Waals surface area contributed by atoms with Crippen LogP contribution in [-0.2, 0) is 20.7 Å². The van der Waals surface area contributed by atoms with E-state index >= 15 is 0 Å². The minimum absolute atomic E-state index is 0.113. The van der Waals surface area contributed by atoms with Gasteiger partial charge in [-0.2, -0.15) is 0 Å². The second-order valence-corrected chi connectivity index (χ2v) is 7.92. The summed E-state index contributed by atoms with van der Waals surface area (Å²) in [4.78, 5) is 26.6. The maximum absolute atomic E-state index is 12.3. The van der Waals surface area contributed by atoms with E-state index in [1.807, 2.05) is 38.1 Å². The quantitative estimate of drug-likeness (QED) is 0.559. The molecule has 2 heterocycles. The number of nitrogens with zero attached hydrogens (tertiary/aromatic N) is 1. The van der Waals surface area contributed by atoms with Crippen LogP contribution in [-0.4, -0.2) is 48.8 Å². The van der Waals surface area contributed by atoms with E-state index in [-0.39, 0.29) is 18.0 Å². The molecule has 3 rings (SSSR count). The van der Waals surface area contributed by atoms with Crippen molar-refractivity contribution >= 4 is 23.6 Å². The molecule has 2 aliphatic heterocycles. The smallest absolute Gasteiger partial charge is 0.336 e. The van der Waals surface area contributed by atoms with Crippen LogP contribution in [0.1, 0.15) is 25.8 Å². The van der Waals surface area contributed by atoms with Crippen LogP contribution in [0.25, 0.3) is 0 Å². The average molecular weight is 403 g/mol. The number of carbonyl (C=O) groups is 2. The third-order valence-electron chi connectivity index (χ3n) is 4.53. The van der Waals surface area contributed by atoms with Crippen molar-refractivity contribution in [3.63, 3.8) is 0 Å². The molecule has 7 heteroatoms. The lowest BCUT2D eigenvalue weighted by molar-refractivity contribution is -0.142. The minimum atomic E-state index is -0.246. The zero-order chi connectivity index (χ0) is 20.1. The van der Waals surface area contributed by atoms with Crippen LogP contribution in [0.4, 0.5) is 0 Å². The number of thioether (sulfide) groups is 1. The summed E-state index contributed by atoms with van der Waals surface area (Å²) in [6.07, 6.45) is 2.90. The molecule has 0 unspecified atom stereocenters. The second kappa shape index (κ2) is 9.19. The number of hydrogen-bond acceptors (Lipinski definition) is 6. The van der Waals surface area contributed by atoms with Gasteiger partial charge in [0.05, 0.1) is 23.8 Å². The molecule has 1 N–H and O–H groups in total. The summed E-state index contributed by atoms with van der Waals surface area (Å²) < 4.78 is 10.5. The molecule has 0 radical (unpaired) electrons. The van der Waals surface area contributed by atoms with E-state index in [0.717, 1.165) is 34.0 Å². The maximum atomic E-state index is 12.3. The number of nitrogens with one attached hydrogen (secondary N) is 1. The zero-order valence-corrected chi connectivity index (χ0v) is 17.3. The third kappa shape index (κ3) is 4.90. The Balaban J connectivity index is 1.55. The van der Waals surface area contributed by atoms with Crippen molar-refractivity contribution in [3.05, 3.63) is 52.2 Å². The van der Waals surface area contributed by atoms with Crippen molar-refractivity contribution in [3.8, 4) is 5.75 Å². The van der Waals surface area contributed by atoms with Gasteiger partial charge < -0.3 is 19.7 Å². The Kier molecular flexibility index (Phi) is 6.67. The average Bonchev–Trinajstić information content (AvgIpc) is 3.24. The van der Waals surface area contributed by atoms with Gasteiger partial charge in [0, 0.05) is 37.0 Å². The van der Waals surface area contributed by atoms with Crippen molar-refractivity contribution < 1.29 is 19.1 Å². The first kappa shape index (κ1) is 20.3. The lowest BCUT2D eigenvalue weighted by Crippen LogP contribution is -2.25. The highest BCUT2D eigenvalue weighted by molar-refractivity contribution is 8.03. The molecule has 150 valence electrons. The van der Waals surface area contributed by atoms with Gasteiger partial charge in [-0.25, -0.2) is 4.79 Å². The Morgan fingerprint density at radius 3 is 2.93 bits per heavy atom. The predicted octanol–water partition coefficient (Wildman–Crippen LogP) is 2.85. The van der Waals surface area contributed by atoms with E-state index in [1.165, 1.54) is 0 Å². The van der Waals surface area contributed by atoms with Gasteiger partial charge >= 0.3 is 5.97 Å². The molecule has 0 atom stereocenters. The van der Waals surface area contributed by atoms with E-state index in [0.29, 0.717) is 25.3 Å². The first-order valence-corrected chi connectivity index (χ1v) is 10.4. The van der Waals surface area contributed by atoms with Crippen LogP contribution in [0.3, 0.4) is 0 Å². The summed E-state index contributed by atoms with van der Waals surface area (Å²) >= 11 is 1.59. The molecule has 1 aromatic carbocycles. The lowest BCUT2D eigenvalue weighted by atomic mass is 10.1. The molecule has 1 saturated heterocycles. The summed E-state index contributed by atoms with van der Waals surface area (Å²) in [5, 5.41) is 3.87. The molecule has 1 aromatic rings. The Hall–Kier alpha value is -2.41. The van der Waals surface area contributed by atoms with Crippen LogP contribution >= 0.6 is 11.8 Å². The number of methoxy groups -OCH3 is 1. The summed E-state index contributed by atoms with van der Waals surface area (Å²) in [5.41, 5.74) is 2.77. The van der Waals surface area contributed by atoms with Crippen LogP contribution in [0, 0.1) is 0 Å². The largest absolute Gasteiger partial charge is 0.497 e. The number of amides is 1. The predicted molar refractivity (Wildman–Crippen MR) is 110 cm³/mol. The van der Waals surface area contributed by atoms with Crippen LogP contribution in [0.2, 0.25) is 0 Å². The van der Waals surface area contributed by atoms with E-state index in [9.17, 15) is 9.59 Å². The molecule has 28 heavy (non-hydrogen) atoms. The number of rotatable bonds is 7. The number of esters is 1. The van der Waals surface area contributed by atoms with Crippen molar-refractivity contribution in [1.29, 1.82) is 0 Å². The fraction of sp³-hybridized carbons (Fsp3) is 0.429. The van der Waals surface area contributed by atoms with E-state index in [2.05, 4.69) is 10.2 Å². The van der Waals surface area contributed by atoms with Crippen molar-refractivity contribution in [2.45, 2.75) is 32.8 Å². The Morgan fingerprint density at radius 2 is 2.18 bits per heavy atom. The van der Waals surface area contributed by atoms with Gasteiger partial charge in [-0.05, 0) is 38.0 Å². The maximum Gasteiger partial charge on any atom is 0.336 e. The summed E-state index contributed by atoms with van der Waals surface area (Å²) in [6.45, 7) is 4.96. The monoisotopic (exact) mass is 402 g/mol. The molecule has 6 nitrogen and oxygen atoms in total. The lowest BCUT2D eigenvalue weighted by Gasteiger charge is -2.14. The highest BCUT2D eigenvalue weighted by Crippen LogP contribution is 2.42. The van der Waals surface area contributed by atoms with Crippen LogP contribution in [0.15, 0.2) is 46.6 Å². The van der Waals surface area contributed by atoms with E-state index < -0.39 is 0 Å². The molecule has 0 bridgehead atoms. The first-order chi connectivity index (χ1) is 13.5. The van der Waals surface area contributed by atoms with Crippen molar-refractivity contribution in [1.82, 2.24) is 10.2 Å². The fourth-order valence-corrected chi connectivity index (χ4v) is 4.46. The molecule has 0 aromatic heterocycles. The van der Waals surface area contributed by atoms with E-state index in [1.54, 1.807) is 24.9 Å². The minimum Gasteiger partial charge on any atom is -0.497 e. The van der Waals surface area contributed by atoms with Gasteiger partial charge in [0.25, 0.3) is 0 Å². The SMILES string of the molecule is COc1cccc(CCNC(=O)C=C2CSC3=C(C(=O)OC(C)C)CCN23)c1. The molecule has 0 saturated carbocycles. The Labute approximate surface area is 169 Å². The number of benzene rings is 1. The van der Waals surface area contributed by atoms with Crippen molar-refractivity contribution in [2.24, 2.45) is 0 Å². The Bertz CT molecular complexity index is 816. The van der Waals surface area contributed by atoms with Crippen LogP contribution in [0.5, 0.6) is 5.75 Å². The number of carbonyl (C=O) groups excluding carboxylic acids is 2. The summed E-state index contributed by atoms with van der Waals surface area (Å²) in [5.74, 6) is 1.15. The Morgan fingerprint density at radius 1 is 1.36 bits per heavy atom. The molecule has 1 amide bonds. The molecule has 0 spiro atoms. The summed E-state index contributed by atoms with van der Waals surface area (Å²) in [7, 11) is 1.64. The molecular formula is C21H26N2O4S. The van der Waals surface area contributed by atoms with Gasteiger partial charge in [-0.1, -0.05) is 12.1 Å². The van der Waals surface area contributed by atoms with Crippen molar-refractivity contribution in [2.75, 3.05) is 26.0 Å².